The van der Waals surface area contributed by atoms with E-state index < -0.39 is 0 Å². The van der Waals surface area contributed by atoms with E-state index in [4.69, 9.17) is 10.5 Å². The molecule has 0 aromatic rings. The van der Waals surface area contributed by atoms with Crippen molar-refractivity contribution in [1.82, 2.24) is 4.90 Å². The number of nitrogens with two attached hydrogens (primary N) is 1. The van der Waals surface area contributed by atoms with Crippen molar-refractivity contribution in [3.8, 4) is 0 Å². The number of likely N-dealkylation sites (N-methyl/N-ethyl adjacent to an activating group) is 1. The first-order valence-corrected chi connectivity index (χ1v) is 4.76. The van der Waals surface area contributed by atoms with Crippen molar-refractivity contribution in [2.24, 2.45) is 11.7 Å². The molecule has 70 valence electrons. The second kappa shape index (κ2) is 2.98. The summed E-state index contributed by atoms with van der Waals surface area (Å²) in [6.07, 6.45) is 3.35. The van der Waals surface area contributed by atoms with Crippen LogP contribution in [0, 0.1) is 5.92 Å². The molecule has 3 nitrogen and oxygen atoms in total. The van der Waals surface area contributed by atoms with Gasteiger partial charge in [0.05, 0.1) is 12.2 Å². The minimum Gasteiger partial charge on any atom is -0.373 e. The van der Waals surface area contributed by atoms with Gasteiger partial charge >= 0.3 is 0 Å². The average Bonchev–Trinajstić information content (AvgIpc) is 2.60. The van der Waals surface area contributed by atoms with Gasteiger partial charge in [0.15, 0.2) is 0 Å². The van der Waals surface area contributed by atoms with E-state index in [-0.39, 0.29) is 0 Å². The van der Waals surface area contributed by atoms with E-state index in [1.807, 2.05) is 0 Å². The Balaban J connectivity index is 2.11. The summed E-state index contributed by atoms with van der Waals surface area (Å²) in [4.78, 5) is 2.27. The van der Waals surface area contributed by atoms with E-state index in [2.05, 4.69) is 19.0 Å². The zero-order valence-electron chi connectivity index (χ0n) is 7.86. The zero-order chi connectivity index (χ0) is 8.72. The second-order valence-electron chi connectivity index (χ2n) is 4.14. The Morgan fingerprint density at radius 3 is 2.50 bits per heavy atom. The van der Waals surface area contributed by atoms with Gasteiger partial charge < -0.3 is 15.4 Å². The molecule has 2 fully saturated rings. The topological polar surface area (TPSA) is 38.5 Å². The maximum Gasteiger partial charge on any atom is 0.0739 e. The number of hydrogen-bond donors (Lipinski definition) is 1. The van der Waals surface area contributed by atoms with Gasteiger partial charge in [-0.1, -0.05) is 0 Å². The molecule has 2 heterocycles. The molecule has 4 unspecified atom stereocenters. The molecule has 2 bridgehead atoms. The van der Waals surface area contributed by atoms with Gasteiger partial charge in [-0.25, -0.2) is 0 Å². The highest BCUT2D eigenvalue weighted by molar-refractivity contribution is 5.00. The van der Waals surface area contributed by atoms with Crippen LogP contribution in [0.4, 0.5) is 0 Å². The maximum absolute atomic E-state index is 5.83. The van der Waals surface area contributed by atoms with Crippen molar-refractivity contribution in [3.63, 3.8) is 0 Å². The summed E-state index contributed by atoms with van der Waals surface area (Å²) in [5.41, 5.74) is 5.74. The summed E-state index contributed by atoms with van der Waals surface area (Å²) in [5, 5.41) is 0. The Hall–Kier alpha value is -0.120. The number of ether oxygens (including phenoxy) is 1. The molecule has 0 aliphatic carbocycles. The molecule has 4 atom stereocenters. The van der Waals surface area contributed by atoms with Crippen LogP contribution in [0.2, 0.25) is 0 Å². The lowest BCUT2D eigenvalue weighted by Crippen LogP contribution is -2.46. The monoisotopic (exact) mass is 170 g/mol. The Kier molecular flexibility index (Phi) is 2.10. The molecule has 0 spiro atoms. The summed E-state index contributed by atoms with van der Waals surface area (Å²) in [7, 11) is 4.24. The van der Waals surface area contributed by atoms with Gasteiger partial charge in [0, 0.05) is 12.0 Å². The molecule has 0 amide bonds. The fraction of sp³-hybridized carbons (Fsp3) is 1.00. The van der Waals surface area contributed by atoms with Crippen LogP contribution in [0.25, 0.3) is 0 Å². The maximum atomic E-state index is 5.83. The molecule has 0 aromatic heterocycles. The van der Waals surface area contributed by atoms with Gasteiger partial charge in [0.1, 0.15) is 0 Å². The van der Waals surface area contributed by atoms with E-state index >= 15 is 0 Å². The summed E-state index contributed by atoms with van der Waals surface area (Å²) in [5.74, 6) is 0.568. The number of rotatable bonds is 2. The van der Waals surface area contributed by atoms with Crippen LogP contribution in [0.3, 0.4) is 0 Å². The molecule has 2 aliphatic heterocycles. The fourth-order valence-electron chi connectivity index (χ4n) is 2.76. The smallest absolute Gasteiger partial charge is 0.0739 e. The van der Waals surface area contributed by atoms with Gasteiger partial charge in [-0.3, -0.25) is 0 Å². The van der Waals surface area contributed by atoms with Crippen molar-refractivity contribution in [2.45, 2.75) is 31.1 Å². The third-order valence-electron chi connectivity index (χ3n) is 3.25. The lowest BCUT2D eigenvalue weighted by molar-refractivity contribution is 0.0815. The van der Waals surface area contributed by atoms with Crippen molar-refractivity contribution in [2.75, 3.05) is 20.6 Å². The van der Waals surface area contributed by atoms with Gasteiger partial charge in [-0.2, -0.15) is 0 Å². The molecule has 2 aliphatic rings. The predicted molar refractivity (Wildman–Crippen MR) is 47.9 cm³/mol. The van der Waals surface area contributed by atoms with Gasteiger partial charge in [0.25, 0.3) is 0 Å². The summed E-state index contributed by atoms with van der Waals surface area (Å²) in [6, 6.07) is 0.564. The second-order valence-corrected chi connectivity index (χ2v) is 4.14. The minimum absolute atomic E-state index is 0.451. The average molecular weight is 170 g/mol. The van der Waals surface area contributed by atoms with Crippen LogP contribution >= 0.6 is 0 Å². The Morgan fingerprint density at radius 2 is 2.00 bits per heavy atom. The molecule has 2 N–H and O–H groups in total. The van der Waals surface area contributed by atoms with Gasteiger partial charge in [-0.15, -0.1) is 0 Å². The molecule has 12 heavy (non-hydrogen) atoms. The van der Waals surface area contributed by atoms with Crippen molar-refractivity contribution in [3.05, 3.63) is 0 Å². The quantitative estimate of drug-likeness (QED) is 0.636. The normalized spacial score (nSPS) is 46.0. The molecule has 0 radical (unpaired) electrons. The lowest BCUT2D eigenvalue weighted by atomic mass is 9.84. The third kappa shape index (κ3) is 1.08. The van der Waals surface area contributed by atoms with Crippen molar-refractivity contribution >= 4 is 0 Å². The largest absolute Gasteiger partial charge is 0.373 e. The first-order chi connectivity index (χ1) is 5.74. The highest BCUT2D eigenvalue weighted by atomic mass is 16.5. The summed E-state index contributed by atoms with van der Waals surface area (Å²) in [6.45, 7) is 0.768. The molecule has 2 saturated heterocycles. The standard InChI is InChI=1S/C9H18N2O/c1-11(2)9-6(5-10)7-3-4-8(9)12-7/h6-9H,3-5,10H2,1-2H3. The van der Waals surface area contributed by atoms with E-state index in [0.29, 0.717) is 24.2 Å². The van der Waals surface area contributed by atoms with Gasteiger partial charge in [0.2, 0.25) is 0 Å². The van der Waals surface area contributed by atoms with Crippen molar-refractivity contribution < 1.29 is 4.74 Å². The van der Waals surface area contributed by atoms with E-state index in [0.717, 1.165) is 6.54 Å². The van der Waals surface area contributed by atoms with E-state index in [1.54, 1.807) is 0 Å². The van der Waals surface area contributed by atoms with E-state index in [9.17, 15) is 0 Å². The van der Waals surface area contributed by atoms with Crippen LogP contribution in [0.15, 0.2) is 0 Å². The van der Waals surface area contributed by atoms with Crippen molar-refractivity contribution in [1.29, 1.82) is 0 Å². The number of hydrogen-bond acceptors (Lipinski definition) is 3. The minimum atomic E-state index is 0.451. The first kappa shape index (κ1) is 8.48. The molecule has 0 saturated carbocycles. The molecular weight excluding hydrogens is 152 g/mol. The Labute approximate surface area is 73.9 Å². The number of fused-ring (bicyclic) bond motifs is 2. The first-order valence-electron chi connectivity index (χ1n) is 4.76. The lowest BCUT2D eigenvalue weighted by Gasteiger charge is -2.32. The van der Waals surface area contributed by atoms with Gasteiger partial charge in [-0.05, 0) is 33.5 Å². The molecule has 3 heteroatoms. The zero-order valence-corrected chi connectivity index (χ0v) is 7.86. The fourth-order valence-corrected chi connectivity index (χ4v) is 2.76. The highest BCUT2D eigenvalue weighted by Gasteiger charge is 2.48. The Bertz CT molecular complexity index is 172. The molecule has 2 rings (SSSR count). The predicted octanol–water partition coefficient (Wildman–Crippen LogP) is 0.0527. The summed E-state index contributed by atoms with van der Waals surface area (Å²) >= 11 is 0. The summed E-state index contributed by atoms with van der Waals surface area (Å²) < 4.78 is 5.83. The van der Waals surface area contributed by atoms with E-state index in [1.165, 1.54) is 12.8 Å². The van der Waals surface area contributed by atoms with Crippen LogP contribution in [0.1, 0.15) is 12.8 Å². The van der Waals surface area contributed by atoms with Crippen LogP contribution < -0.4 is 5.73 Å². The molecular formula is C9H18N2O. The number of nitrogens with zero attached hydrogens (tertiary/aromatic N) is 1. The SMILES string of the molecule is CN(C)C1C2CCC(O2)C1CN. The highest BCUT2D eigenvalue weighted by Crippen LogP contribution is 2.40. The van der Waals surface area contributed by atoms with Crippen LogP contribution in [0.5, 0.6) is 0 Å². The van der Waals surface area contributed by atoms with Crippen LogP contribution in [-0.2, 0) is 4.74 Å². The third-order valence-corrected chi connectivity index (χ3v) is 3.25. The molecule has 0 aromatic carbocycles. The van der Waals surface area contributed by atoms with Crippen LogP contribution in [-0.4, -0.2) is 43.8 Å². The Morgan fingerprint density at radius 1 is 1.33 bits per heavy atom.